The molecule has 0 saturated carbocycles. The first-order chi connectivity index (χ1) is 11.2. The summed E-state index contributed by atoms with van der Waals surface area (Å²) in [6, 6.07) is 6.62. The average Bonchev–Trinajstić information content (AvgIpc) is 2.95. The lowest BCUT2D eigenvalue weighted by molar-refractivity contribution is -0.136. The highest BCUT2D eigenvalue weighted by Crippen LogP contribution is 2.38. The molecule has 23 heavy (non-hydrogen) atoms. The molecule has 2 heterocycles. The lowest BCUT2D eigenvalue weighted by Crippen LogP contribution is -2.47. The number of carbonyl (C=O) groups is 2. The Kier molecular flexibility index (Phi) is 4.23. The predicted octanol–water partition coefficient (Wildman–Crippen LogP) is 2.37. The molecular formula is C17H20N2O4. The second kappa shape index (κ2) is 6.32. The molecule has 0 fully saturated rings. The maximum atomic E-state index is 12.5. The van der Waals surface area contributed by atoms with Crippen LogP contribution >= 0.6 is 0 Å². The molecule has 0 bridgehead atoms. The third-order valence-corrected chi connectivity index (χ3v) is 4.18. The van der Waals surface area contributed by atoms with Gasteiger partial charge in [-0.25, -0.2) is 9.59 Å². The highest BCUT2D eigenvalue weighted by atomic mass is 16.5. The molecular weight excluding hydrogens is 296 g/mol. The Bertz CT molecular complexity index is 668. The minimum Gasteiger partial charge on any atom is -0.496 e. The summed E-state index contributed by atoms with van der Waals surface area (Å²) in [5, 5.41) is 2.92. The average molecular weight is 316 g/mol. The van der Waals surface area contributed by atoms with Crippen LogP contribution in [0.15, 0.2) is 35.5 Å². The number of ether oxygens (including phenoxy) is 2. The van der Waals surface area contributed by atoms with Gasteiger partial charge in [-0.05, 0) is 12.5 Å². The fourth-order valence-electron chi connectivity index (χ4n) is 3.00. The van der Waals surface area contributed by atoms with Crippen molar-refractivity contribution in [2.75, 3.05) is 20.3 Å². The van der Waals surface area contributed by atoms with E-state index in [0.29, 0.717) is 23.6 Å². The number of cyclic esters (lactones) is 1. The molecule has 0 aliphatic carbocycles. The molecule has 0 aromatic heterocycles. The van der Waals surface area contributed by atoms with Crippen LogP contribution in [0.1, 0.15) is 31.4 Å². The third kappa shape index (κ3) is 2.65. The number of rotatable bonds is 5. The van der Waals surface area contributed by atoms with Crippen molar-refractivity contribution in [3.05, 3.63) is 41.1 Å². The number of esters is 1. The van der Waals surface area contributed by atoms with E-state index in [0.717, 1.165) is 18.4 Å². The quantitative estimate of drug-likeness (QED) is 0.847. The maximum absolute atomic E-state index is 12.5. The Morgan fingerprint density at radius 2 is 2.13 bits per heavy atom. The monoisotopic (exact) mass is 316 g/mol. The third-order valence-electron chi connectivity index (χ3n) is 4.18. The number of hydrogen-bond acceptors (Lipinski definition) is 4. The largest absolute Gasteiger partial charge is 0.496 e. The summed E-state index contributed by atoms with van der Waals surface area (Å²) in [4.78, 5) is 26.3. The van der Waals surface area contributed by atoms with Gasteiger partial charge in [0.25, 0.3) is 0 Å². The molecule has 0 radical (unpaired) electrons. The minimum atomic E-state index is -0.540. The minimum absolute atomic E-state index is 0.150. The van der Waals surface area contributed by atoms with Crippen LogP contribution in [0.25, 0.3) is 0 Å². The van der Waals surface area contributed by atoms with E-state index in [1.807, 2.05) is 24.3 Å². The molecule has 1 N–H and O–H groups in total. The lowest BCUT2D eigenvalue weighted by atomic mass is 9.95. The SMILES string of the molecule is CCCCN1C(=O)N[C@@H](c2ccccc2OC)C2=C1COC2=O. The van der Waals surface area contributed by atoms with Crippen LogP contribution < -0.4 is 10.1 Å². The number of carbonyl (C=O) groups excluding carboxylic acids is 2. The van der Waals surface area contributed by atoms with Gasteiger partial charge in [-0.2, -0.15) is 0 Å². The van der Waals surface area contributed by atoms with Gasteiger partial charge < -0.3 is 14.8 Å². The molecule has 0 saturated heterocycles. The van der Waals surface area contributed by atoms with Crippen molar-refractivity contribution >= 4 is 12.0 Å². The zero-order valence-corrected chi connectivity index (χ0v) is 13.3. The Labute approximate surface area is 135 Å². The molecule has 3 rings (SSSR count). The molecule has 6 nitrogen and oxygen atoms in total. The van der Waals surface area contributed by atoms with Gasteiger partial charge in [-0.1, -0.05) is 31.5 Å². The smallest absolute Gasteiger partial charge is 0.338 e. The summed E-state index contributed by atoms with van der Waals surface area (Å²) in [6.07, 6.45) is 1.84. The van der Waals surface area contributed by atoms with Crippen molar-refractivity contribution in [2.24, 2.45) is 0 Å². The lowest BCUT2D eigenvalue weighted by Gasteiger charge is -2.33. The van der Waals surface area contributed by atoms with E-state index in [2.05, 4.69) is 12.2 Å². The predicted molar refractivity (Wildman–Crippen MR) is 83.9 cm³/mol. The zero-order chi connectivity index (χ0) is 16.4. The number of nitrogens with one attached hydrogen (secondary N) is 1. The molecule has 0 unspecified atom stereocenters. The Hall–Kier alpha value is -2.50. The summed E-state index contributed by atoms with van der Waals surface area (Å²) < 4.78 is 10.6. The van der Waals surface area contributed by atoms with Crippen molar-refractivity contribution in [2.45, 2.75) is 25.8 Å². The molecule has 2 aliphatic heterocycles. The van der Waals surface area contributed by atoms with Gasteiger partial charge in [-0.15, -0.1) is 0 Å². The number of amides is 2. The van der Waals surface area contributed by atoms with E-state index in [1.54, 1.807) is 12.0 Å². The number of hydrogen-bond donors (Lipinski definition) is 1. The molecule has 1 aromatic carbocycles. The van der Waals surface area contributed by atoms with Crippen molar-refractivity contribution in [1.29, 1.82) is 0 Å². The van der Waals surface area contributed by atoms with Crippen LogP contribution in [0.3, 0.4) is 0 Å². The van der Waals surface area contributed by atoms with E-state index in [1.165, 1.54) is 0 Å². The van der Waals surface area contributed by atoms with Gasteiger partial charge in [0.1, 0.15) is 12.4 Å². The number of urea groups is 1. The first-order valence-corrected chi connectivity index (χ1v) is 7.78. The zero-order valence-electron chi connectivity index (χ0n) is 13.3. The van der Waals surface area contributed by atoms with Crippen LogP contribution in [0.2, 0.25) is 0 Å². The molecule has 1 atom stereocenters. The second-order valence-corrected chi connectivity index (χ2v) is 5.57. The Morgan fingerprint density at radius 1 is 1.35 bits per heavy atom. The van der Waals surface area contributed by atoms with Gasteiger partial charge in [0.15, 0.2) is 0 Å². The van der Waals surface area contributed by atoms with Crippen molar-refractivity contribution in [1.82, 2.24) is 10.2 Å². The van der Waals surface area contributed by atoms with Crippen LogP contribution in [-0.2, 0) is 9.53 Å². The van der Waals surface area contributed by atoms with E-state index in [4.69, 9.17) is 9.47 Å². The van der Waals surface area contributed by atoms with Crippen molar-refractivity contribution in [3.8, 4) is 5.75 Å². The van der Waals surface area contributed by atoms with E-state index in [9.17, 15) is 9.59 Å². The molecule has 122 valence electrons. The highest BCUT2D eigenvalue weighted by molar-refractivity contribution is 5.97. The highest BCUT2D eigenvalue weighted by Gasteiger charge is 2.42. The number of nitrogens with zero attached hydrogens (tertiary/aromatic N) is 1. The molecule has 6 heteroatoms. The van der Waals surface area contributed by atoms with E-state index < -0.39 is 6.04 Å². The molecule has 0 spiro atoms. The van der Waals surface area contributed by atoms with E-state index >= 15 is 0 Å². The molecule has 2 amide bonds. The van der Waals surface area contributed by atoms with E-state index in [-0.39, 0.29) is 18.6 Å². The van der Waals surface area contributed by atoms with Crippen molar-refractivity contribution < 1.29 is 19.1 Å². The summed E-state index contributed by atoms with van der Waals surface area (Å²) in [6.45, 7) is 2.79. The Morgan fingerprint density at radius 3 is 2.87 bits per heavy atom. The van der Waals surface area contributed by atoms with Gasteiger partial charge >= 0.3 is 12.0 Å². The number of unbranched alkanes of at least 4 members (excludes halogenated alkanes) is 1. The van der Waals surface area contributed by atoms with Gasteiger partial charge in [0.05, 0.1) is 24.4 Å². The summed E-state index contributed by atoms with van der Waals surface area (Å²) in [5.74, 6) is 0.253. The van der Waals surface area contributed by atoms with Crippen LogP contribution in [0.4, 0.5) is 4.79 Å². The molecule has 2 aliphatic rings. The van der Waals surface area contributed by atoms with Crippen molar-refractivity contribution in [3.63, 3.8) is 0 Å². The normalized spacial score (nSPS) is 20.3. The number of para-hydroxylation sites is 1. The second-order valence-electron chi connectivity index (χ2n) is 5.57. The number of benzene rings is 1. The fraction of sp³-hybridized carbons (Fsp3) is 0.412. The van der Waals surface area contributed by atoms with Crippen LogP contribution in [0, 0.1) is 0 Å². The van der Waals surface area contributed by atoms with Gasteiger partial charge in [0.2, 0.25) is 0 Å². The first-order valence-electron chi connectivity index (χ1n) is 7.78. The van der Waals surface area contributed by atoms with Gasteiger partial charge in [0, 0.05) is 12.1 Å². The summed E-state index contributed by atoms with van der Waals surface area (Å²) in [7, 11) is 1.57. The topological polar surface area (TPSA) is 67.9 Å². The summed E-state index contributed by atoms with van der Waals surface area (Å²) >= 11 is 0. The first kappa shape index (κ1) is 15.4. The van der Waals surface area contributed by atoms with Crippen LogP contribution in [-0.4, -0.2) is 37.2 Å². The van der Waals surface area contributed by atoms with Gasteiger partial charge in [-0.3, -0.25) is 4.90 Å². The molecule has 1 aromatic rings. The maximum Gasteiger partial charge on any atom is 0.338 e. The van der Waals surface area contributed by atoms with Crippen LogP contribution in [0.5, 0.6) is 5.75 Å². The summed E-state index contributed by atoms with van der Waals surface area (Å²) in [5.41, 5.74) is 1.93. The number of methoxy groups -OCH3 is 1. The fourth-order valence-corrected chi connectivity index (χ4v) is 3.00. The Balaban J connectivity index is 2.04. The standard InChI is InChI=1S/C17H20N2O4/c1-3-4-9-19-12-10-23-16(20)14(12)15(18-17(19)21)11-7-5-6-8-13(11)22-2/h5-8,15H,3-4,9-10H2,1-2H3,(H,18,21)/t15-/m0/s1.